The number of esters is 1. The molecule has 1 aromatic heterocycles. The average Bonchev–Trinajstić information content (AvgIpc) is 3.45. The standard InChI is InChI=1S/C44H65N3O10/c1-12-34-44(8)38(47(42(52)57-44)22-16-15-17-30-20-21-45-32-19-14-13-18-31(30)32)27(4)35(48)25(2)24-43(7,53-11)39(28(5)36(49)29(6)40(51)55-34)56-41-37(50)33(46(9)10)23-26(3)54-41/h13-14,18-21,25-29,33-34,37-39,41,50H,12,15-17,22-24H2,1-11H3/t25-,26-,27+,28+,29-,33+,34-,37-,38-,39-,41+,43-,44-/m1/s1. The third kappa shape index (κ3) is 9.07. The Morgan fingerprint density at radius 1 is 0.982 bits per heavy atom. The third-order valence-electron chi connectivity index (χ3n) is 13.0. The molecule has 3 aliphatic heterocycles. The van der Waals surface area contributed by atoms with E-state index in [1.165, 1.54) is 19.6 Å². The quantitative estimate of drug-likeness (QED) is 0.177. The zero-order valence-electron chi connectivity index (χ0n) is 35.7. The number of ketones is 2. The Kier molecular flexibility index (Phi) is 14.2. The zero-order valence-corrected chi connectivity index (χ0v) is 35.7. The second kappa shape index (κ2) is 18.2. The number of Topliss-reactive ketones (excluding diaryl/α,β-unsaturated/α-hetero) is 2. The van der Waals surface area contributed by atoms with Gasteiger partial charge in [0.2, 0.25) is 0 Å². The molecule has 57 heavy (non-hydrogen) atoms. The highest BCUT2D eigenvalue weighted by atomic mass is 16.7. The molecule has 13 atom stereocenters. The van der Waals surface area contributed by atoms with Crippen LogP contribution in [0.3, 0.4) is 0 Å². The molecular formula is C44H65N3O10. The van der Waals surface area contributed by atoms with Gasteiger partial charge in [-0.05, 0) is 98.0 Å². The van der Waals surface area contributed by atoms with E-state index in [1.807, 2.05) is 77.2 Å². The van der Waals surface area contributed by atoms with Crippen LogP contribution >= 0.6 is 0 Å². The van der Waals surface area contributed by atoms with E-state index in [1.54, 1.807) is 25.7 Å². The van der Waals surface area contributed by atoms with Crippen LogP contribution in [0.2, 0.25) is 0 Å². The fourth-order valence-electron chi connectivity index (χ4n) is 9.68. The number of rotatable bonds is 10. The molecule has 0 aliphatic carbocycles. The van der Waals surface area contributed by atoms with Crippen molar-refractivity contribution in [1.29, 1.82) is 0 Å². The van der Waals surface area contributed by atoms with Crippen molar-refractivity contribution < 1.29 is 48.0 Å². The van der Waals surface area contributed by atoms with Gasteiger partial charge in [-0.1, -0.05) is 45.9 Å². The van der Waals surface area contributed by atoms with Crippen LogP contribution in [0.15, 0.2) is 36.5 Å². The summed E-state index contributed by atoms with van der Waals surface area (Å²) in [6, 6.07) is 8.97. The molecule has 0 spiro atoms. The van der Waals surface area contributed by atoms with Gasteiger partial charge in [0, 0.05) is 49.0 Å². The van der Waals surface area contributed by atoms with Crippen molar-refractivity contribution in [2.45, 2.75) is 148 Å². The van der Waals surface area contributed by atoms with Gasteiger partial charge in [-0.15, -0.1) is 0 Å². The number of likely N-dealkylation sites (N-methyl/N-ethyl adjacent to an activating group) is 1. The first kappa shape index (κ1) is 44.6. The highest BCUT2D eigenvalue weighted by Crippen LogP contribution is 2.43. The van der Waals surface area contributed by atoms with E-state index in [2.05, 4.69) is 11.1 Å². The van der Waals surface area contributed by atoms with Crippen molar-refractivity contribution in [3.8, 4) is 0 Å². The minimum absolute atomic E-state index is 0.137. The predicted molar refractivity (Wildman–Crippen MR) is 214 cm³/mol. The van der Waals surface area contributed by atoms with E-state index in [4.69, 9.17) is 23.7 Å². The number of hydrogen-bond donors (Lipinski definition) is 1. The van der Waals surface area contributed by atoms with Gasteiger partial charge in [0.25, 0.3) is 0 Å². The molecule has 5 rings (SSSR count). The number of ether oxygens (including phenoxy) is 5. The van der Waals surface area contributed by atoms with Crippen LogP contribution < -0.4 is 0 Å². The number of cyclic esters (lactones) is 1. The van der Waals surface area contributed by atoms with Crippen LogP contribution in [0.1, 0.15) is 93.1 Å². The fourth-order valence-corrected chi connectivity index (χ4v) is 9.68. The number of carbonyl (C=O) groups excluding carboxylic acids is 4. The normalized spacial score (nSPS) is 37.2. The molecule has 0 unspecified atom stereocenters. The summed E-state index contributed by atoms with van der Waals surface area (Å²) in [5, 5.41) is 12.5. The third-order valence-corrected chi connectivity index (χ3v) is 13.0. The predicted octanol–water partition coefficient (Wildman–Crippen LogP) is 5.76. The molecule has 4 heterocycles. The Balaban J connectivity index is 1.47. The second-order valence-electron chi connectivity index (χ2n) is 17.3. The van der Waals surface area contributed by atoms with E-state index in [0.29, 0.717) is 19.4 Å². The Labute approximate surface area is 338 Å². The molecule has 0 radical (unpaired) electrons. The summed E-state index contributed by atoms with van der Waals surface area (Å²) in [5.74, 6) is -4.89. The van der Waals surface area contributed by atoms with Crippen LogP contribution in [0, 0.1) is 23.7 Å². The molecule has 3 aliphatic rings. The van der Waals surface area contributed by atoms with Gasteiger partial charge in [0.15, 0.2) is 17.7 Å². The van der Waals surface area contributed by atoms with Gasteiger partial charge in [-0.2, -0.15) is 0 Å². The number of aliphatic hydroxyl groups is 1. The smallest absolute Gasteiger partial charge is 0.410 e. The van der Waals surface area contributed by atoms with Gasteiger partial charge in [-0.3, -0.25) is 19.4 Å². The molecule has 1 N–H and O–H groups in total. The summed E-state index contributed by atoms with van der Waals surface area (Å²) in [6.07, 6.45) is -0.00239. The summed E-state index contributed by atoms with van der Waals surface area (Å²) in [6.45, 7) is 14.4. The number of amides is 1. The van der Waals surface area contributed by atoms with Crippen LogP contribution in [0.5, 0.6) is 0 Å². The SMILES string of the molecule is CC[C@H]1OC(=O)[C@H](C)C(=O)[C@H](C)[C@@H](O[C@@H]2O[C@H](C)C[C@H](N(C)C)[C@H]2O)[C@](C)(OC)C[C@@H](C)C(=O)[C@H](C)[C@H]2N(CCCCc3ccnc4ccccc34)C(=O)O[C@]12C. The largest absolute Gasteiger partial charge is 0.458 e. The number of fused-ring (bicyclic) bond motifs is 2. The summed E-state index contributed by atoms with van der Waals surface area (Å²) >= 11 is 0. The number of pyridine rings is 1. The summed E-state index contributed by atoms with van der Waals surface area (Å²) in [4.78, 5) is 64.9. The average molecular weight is 796 g/mol. The Morgan fingerprint density at radius 3 is 2.35 bits per heavy atom. The van der Waals surface area contributed by atoms with E-state index >= 15 is 0 Å². The minimum Gasteiger partial charge on any atom is -0.458 e. The van der Waals surface area contributed by atoms with Crippen molar-refractivity contribution in [1.82, 2.24) is 14.8 Å². The number of benzene rings is 1. The minimum atomic E-state index is -1.39. The number of aromatic nitrogens is 1. The Bertz CT molecular complexity index is 1750. The molecule has 1 aromatic carbocycles. The number of methoxy groups -OCH3 is 1. The van der Waals surface area contributed by atoms with E-state index in [-0.39, 0.29) is 30.8 Å². The summed E-state index contributed by atoms with van der Waals surface area (Å²) in [5.41, 5.74) is -0.555. The van der Waals surface area contributed by atoms with Crippen molar-refractivity contribution in [3.05, 3.63) is 42.1 Å². The molecule has 2 aromatic rings. The lowest BCUT2D eigenvalue weighted by molar-refractivity contribution is -0.295. The van der Waals surface area contributed by atoms with Gasteiger partial charge >= 0.3 is 12.1 Å². The molecular weight excluding hydrogens is 730 g/mol. The second-order valence-corrected chi connectivity index (χ2v) is 17.3. The van der Waals surface area contributed by atoms with Gasteiger partial charge in [0.1, 0.15) is 23.9 Å². The lowest BCUT2D eigenvalue weighted by Crippen LogP contribution is -2.60. The van der Waals surface area contributed by atoms with Gasteiger partial charge in [-0.25, -0.2) is 4.79 Å². The van der Waals surface area contributed by atoms with Crippen molar-refractivity contribution in [3.63, 3.8) is 0 Å². The van der Waals surface area contributed by atoms with Crippen molar-refractivity contribution in [2.75, 3.05) is 27.7 Å². The molecule has 316 valence electrons. The number of aryl methyl sites for hydroxylation is 1. The molecule has 3 fully saturated rings. The zero-order chi connectivity index (χ0) is 42.0. The first-order valence-corrected chi connectivity index (χ1v) is 20.7. The van der Waals surface area contributed by atoms with Crippen molar-refractivity contribution in [2.24, 2.45) is 23.7 Å². The molecule has 0 saturated carbocycles. The molecule has 13 nitrogen and oxygen atoms in total. The van der Waals surface area contributed by atoms with Gasteiger partial charge in [0.05, 0.1) is 29.4 Å². The summed E-state index contributed by atoms with van der Waals surface area (Å²) in [7, 11) is 5.25. The van der Waals surface area contributed by atoms with Crippen LogP contribution in [0.25, 0.3) is 10.9 Å². The maximum absolute atomic E-state index is 14.7. The lowest BCUT2D eigenvalue weighted by Gasteiger charge is -2.47. The molecule has 13 heteroatoms. The fraction of sp³-hybridized carbons (Fsp3) is 0.705. The Hall–Kier alpha value is -3.49. The first-order valence-electron chi connectivity index (χ1n) is 20.7. The monoisotopic (exact) mass is 795 g/mol. The lowest BCUT2D eigenvalue weighted by atomic mass is 9.73. The first-order chi connectivity index (χ1) is 26.9. The van der Waals surface area contributed by atoms with E-state index in [9.17, 15) is 24.3 Å². The van der Waals surface area contributed by atoms with Gasteiger partial charge < -0.3 is 38.6 Å². The molecule has 1 amide bonds. The van der Waals surface area contributed by atoms with E-state index in [0.717, 1.165) is 23.7 Å². The number of para-hydroxylation sites is 1. The molecule has 0 bridgehead atoms. The summed E-state index contributed by atoms with van der Waals surface area (Å²) < 4.78 is 31.3. The topological polar surface area (TPSA) is 154 Å². The highest BCUT2D eigenvalue weighted by molar-refractivity contribution is 6.00. The maximum Gasteiger partial charge on any atom is 0.410 e. The number of carbonyl (C=O) groups is 4. The maximum atomic E-state index is 14.7. The van der Waals surface area contributed by atoms with E-state index < -0.39 is 83.4 Å². The molecule has 3 saturated heterocycles. The number of unbranched alkanes of at least 4 members (excludes halogenated alkanes) is 1. The number of nitrogens with zero attached hydrogens (tertiary/aromatic N) is 3. The van der Waals surface area contributed by atoms with Crippen molar-refractivity contribution >= 4 is 34.5 Å². The van der Waals surface area contributed by atoms with Crippen LogP contribution in [-0.4, -0.2) is 125 Å². The number of hydrogen-bond acceptors (Lipinski definition) is 12. The van der Waals surface area contributed by atoms with Crippen LogP contribution in [0.4, 0.5) is 4.79 Å². The number of aliphatic hydroxyl groups excluding tert-OH is 1. The Morgan fingerprint density at radius 2 is 1.68 bits per heavy atom. The van der Waals surface area contributed by atoms with Crippen LogP contribution in [-0.2, 0) is 44.5 Å². The highest BCUT2D eigenvalue weighted by Gasteiger charge is 2.60.